The summed E-state index contributed by atoms with van der Waals surface area (Å²) >= 11 is 0. The number of nitrogens with zero attached hydrogens (tertiary/aromatic N) is 1. The number of hydrogen-bond acceptors (Lipinski definition) is 3. The molecule has 1 N–H and O–H groups in total. The summed E-state index contributed by atoms with van der Waals surface area (Å²) in [4.78, 5) is 4.14. The smallest absolute Gasteiger partial charge is 0.148 e. The number of pyridine rings is 1. The van der Waals surface area contributed by atoms with Crippen LogP contribution in [0.4, 0.5) is 0 Å². The molecule has 0 bridgehead atoms. The second kappa shape index (κ2) is 4.77. The molecule has 1 aromatic heterocycles. The van der Waals surface area contributed by atoms with Crippen LogP contribution in [0.5, 0.6) is 11.5 Å². The van der Waals surface area contributed by atoms with Crippen LogP contribution >= 0.6 is 0 Å². The Balaban J connectivity index is 2.18. The molecular formula is C13H13NO2. The van der Waals surface area contributed by atoms with Crippen LogP contribution in [0.2, 0.25) is 0 Å². The van der Waals surface area contributed by atoms with Crippen molar-refractivity contribution in [1.82, 2.24) is 4.98 Å². The highest BCUT2D eigenvalue weighted by Gasteiger charge is 2.01. The van der Waals surface area contributed by atoms with Crippen molar-refractivity contribution in [2.75, 3.05) is 0 Å². The summed E-state index contributed by atoms with van der Waals surface area (Å²) in [5, 5.41) is 8.91. The van der Waals surface area contributed by atoms with Crippen molar-refractivity contribution in [2.45, 2.75) is 13.5 Å². The Hall–Kier alpha value is -1.87. The molecule has 1 aromatic carbocycles. The molecular weight excluding hydrogens is 202 g/mol. The minimum absolute atomic E-state index is 0.0478. The summed E-state index contributed by atoms with van der Waals surface area (Å²) in [6, 6.07) is 11.0. The quantitative estimate of drug-likeness (QED) is 0.855. The Labute approximate surface area is 94.3 Å². The highest BCUT2D eigenvalue weighted by Crippen LogP contribution is 2.23. The van der Waals surface area contributed by atoms with Gasteiger partial charge in [-0.25, -0.2) is 0 Å². The zero-order valence-corrected chi connectivity index (χ0v) is 9.05. The average molecular weight is 215 g/mol. The molecule has 0 saturated heterocycles. The van der Waals surface area contributed by atoms with E-state index in [0.29, 0.717) is 0 Å². The second-order valence-electron chi connectivity index (χ2n) is 3.49. The van der Waals surface area contributed by atoms with Crippen LogP contribution in [0, 0.1) is 6.92 Å². The van der Waals surface area contributed by atoms with Gasteiger partial charge in [0, 0.05) is 6.20 Å². The summed E-state index contributed by atoms with van der Waals surface area (Å²) < 4.78 is 5.66. The van der Waals surface area contributed by atoms with E-state index in [0.717, 1.165) is 22.8 Å². The van der Waals surface area contributed by atoms with E-state index in [4.69, 9.17) is 9.84 Å². The normalized spacial score (nSPS) is 10.1. The van der Waals surface area contributed by atoms with E-state index in [2.05, 4.69) is 4.98 Å². The number of aromatic nitrogens is 1. The molecule has 0 aliphatic heterocycles. The predicted octanol–water partition coefficient (Wildman–Crippen LogP) is 2.67. The third kappa shape index (κ3) is 2.38. The van der Waals surface area contributed by atoms with E-state index in [-0.39, 0.29) is 6.61 Å². The van der Waals surface area contributed by atoms with Gasteiger partial charge in [0.15, 0.2) is 0 Å². The van der Waals surface area contributed by atoms with Crippen LogP contribution < -0.4 is 4.74 Å². The highest BCUT2D eigenvalue weighted by molar-refractivity contribution is 5.34. The van der Waals surface area contributed by atoms with Gasteiger partial charge in [0.1, 0.15) is 11.5 Å². The summed E-state index contributed by atoms with van der Waals surface area (Å²) in [7, 11) is 0. The van der Waals surface area contributed by atoms with Gasteiger partial charge < -0.3 is 9.84 Å². The summed E-state index contributed by atoms with van der Waals surface area (Å²) in [5.41, 5.74) is 1.73. The van der Waals surface area contributed by atoms with Gasteiger partial charge in [-0.05, 0) is 36.8 Å². The van der Waals surface area contributed by atoms with E-state index >= 15 is 0 Å². The van der Waals surface area contributed by atoms with Crippen molar-refractivity contribution in [3.05, 3.63) is 53.9 Å². The predicted molar refractivity (Wildman–Crippen MR) is 61.4 cm³/mol. The number of aryl methyl sites for hydroxylation is 1. The van der Waals surface area contributed by atoms with Gasteiger partial charge >= 0.3 is 0 Å². The maximum Gasteiger partial charge on any atom is 0.148 e. The van der Waals surface area contributed by atoms with Gasteiger partial charge in [-0.3, -0.25) is 4.98 Å². The largest absolute Gasteiger partial charge is 0.455 e. The maximum absolute atomic E-state index is 8.91. The van der Waals surface area contributed by atoms with Gasteiger partial charge in [-0.15, -0.1) is 0 Å². The molecule has 0 unspecified atom stereocenters. The molecule has 0 radical (unpaired) electrons. The molecule has 0 aliphatic rings. The number of rotatable bonds is 3. The Kier molecular flexibility index (Phi) is 3.17. The Morgan fingerprint density at radius 3 is 2.56 bits per heavy atom. The number of hydrogen-bond donors (Lipinski definition) is 1. The fraction of sp³-hybridized carbons (Fsp3) is 0.154. The van der Waals surface area contributed by atoms with Crippen molar-refractivity contribution >= 4 is 0 Å². The zero-order chi connectivity index (χ0) is 11.4. The average Bonchev–Trinajstić information content (AvgIpc) is 2.33. The fourth-order valence-corrected chi connectivity index (χ4v) is 1.37. The van der Waals surface area contributed by atoms with Gasteiger partial charge in [-0.1, -0.05) is 12.1 Å². The molecule has 3 nitrogen and oxygen atoms in total. The van der Waals surface area contributed by atoms with Crippen molar-refractivity contribution in [2.24, 2.45) is 0 Å². The summed E-state index contributed by atoms with van der Waals surface area (Å²) in [6.45, 7) is 1.95. The van der Waals surface area contributed by atoms with Gasteiger partial charge in [0.05, 0.1) is 12.3 Å². The number of aliphatic hydroxyl groups is 1. The van der Waals surface area contributed by atoms with Crippen LogP contribution in [0.1, 0.15) is 11.3 Å². The Morgan fingerprint density at radius 2 is 1.94 bits per heavy atom. The van der Waals surface area contributed by atoms with Crippen LogP contribution in [0.3, 0.4) is 0 Å². The minimum Gasteiger partial charge on any atom is -0.455 e. The van der Waals surface area contributed by atoms with Crippen molar-refractivity contribution in [3.63, 3.8) is 0 Å². The molecule has 0 aliphatic carbocycles. The van der Waals surface area contributed by atoms with Crippen LogP contribution in [-0.4, -0.2) is 10.1 Å². The van der Waals surface area contributed by atoms with E-state index in [1.165, 1.54) is 0 Å². The lowest BCUT2D eigenvalue weighted by molar-refractivity contribution is 0.281. The summed E-state index contributed by atoms with van der Waals surface area (Å²) in [5.74, 6) is 1.49. The topological polar surface area (TPSA) is 42.4 Å². The lowest BCUT2D eigenvalue weighted by Gasteiger charge is -2.07. The van der Waals surface area contributed by atoms with Gasteiger partial charge in [0.2, 0.25) is 0 Å². The molecule has 0 fully saturated rings. The zero-order valence-electron chi connectivity index (χ0n) is 9.05. The van der Waals surface area contributed by atoms with Crippen LogP contribution in [0.25, 0.3) is 0 Å². The first-order valence-electron chi connectivity index (χ1n) is 5.09. The molecule has 0 atom stereocenters. The van der Waals surface area contributed by atoms with Gasteiger partial charge in [0.25, 0.3) is 0 Å². The molecule has 0 saturated carbocycles. The molecule has 3 heteroatoms. The van der Waals surface area contributed by atoms with E-state index in [9.17, 15) is 0 Å². The number of benzene rings is 1. The lowest BCUT2D eigenvalue weighted by atomic mass is 10.2. The molecule has 82 valence electrons. The van der Waals surface area contributed by atoms with Crippen LogP contribution in [0.15, 0.2) is 42.6 Å². The fourth-order valence-electron chi connectivity index (χ4n) is 1.37. The van der Waals surface area contributed by atoms with Crippen molar-refractivity contribution in [1.29, 1.82) is 0 Å². The first kappa shape index (κ1) is 10.6. The third-order valence-corrected chi connectivity index (χ3v) is 2.29. The minimum atomic E-state index is 0.0478. The maximum atomic E-state index is 8.91. The Morgan fingerprint density at radius 1 is 1.19 bits per heavy atom. The molecule has 2 rings (SSSR count). The first-order valence-corrected chi connectivity index (χ1v) is 5.09. The van der Waals surface area contributed by atoms with E-state index in [1.807, 2.05) is 43.3 Å². The van der Waals surface area contributed by atoms with E-state index < -0.39 is 0 Å². The molecule has 0 spiro atoms. The number of aliphatic hydroxyl groups excluding tert-OH is 1. The lowest BCUT2D eigenvalue weighted by Crippen LogP contribution is -1.90. The molecule has 0 amide bonds. The van der Waals surface area contributed by atoms with E-state index in [1.54, 1.807) is 6.20 Å². The SMILES string of the molecule is Cc1ncccc1Oc1ccc(CO)cc1. The number of ether oxygens (including phenoxy) is 1. The molecule has 2 aromatic rings. The summed E-state index contributed by atoms with van der Waals surface area (Å²) in [6.07, 6.45) is 1.73. The van der Waals surface area contributed by atoms with Crippen molar-refractivity contribution < 1.29 is 9.84 Å². The molecule has 1 heterocycles. The first-order chi connectivity index (χ1) is 7.79. The highest BCUT2D eigenvalue weighted by atomic mass is 16.5. The monoisotopic (exact) mass is 215 g/mol. The molecule has 16 heavy (non-hydrogen) atoms. The Bertz CT molecular complexity index is 466. The van der Waals surface area contributed by atoms with Crippen LogP contribution in [-0.2, 0) is 6.61 Å². The standard InChI is InChI=1S/C13H13NO2/c1-10-13(3-2-8-14-10)16-12-6-4-11(9-15)5-7-12/h2-8,15H,9H2,1H3. The second-order valence-corrected chi connectivity index (χ2v) is 3.49. The third-order valence-electron chi connectivity index (χ3n) is 2.29. The van der Waals surface area contributed by atoms with Gasteiger partial charge in [-0.2, -0.15) is 0 Å². The van der Waals surface area contributed by atoms with Crippen molar-refractivity contribution in [3.8, 4) is 11.5 Å².